The van der Waals surface area contributed by atoms with Crippen molar-refractivity contribution in [3.05, 3.63) is 39.6 Å². The molecule has 0 aliphatic heterocycles. The summed E-state index contributed by atoms with van der Waals surface area (Å²) in [5.41, 5.74) is 8.59. The predicted molar refractivity (Wildman–Crippen MR) is 85.3 cm³/mol. The van der Waals surface area contributed by atoms with Crippen LogP contribution in [0.5, 0.6) is 0 Å². The normalized spacial score (nSPS) is 11.8. The lowest BCUT2D eigenvalue weighted by molar-refractivity contribution is 0.581. The van der Waals surface area contributed by atoms with E-state index in [4.69, 9.17) is 5.73 Å². The number of aromatic nitrogens is 2. The Labute approximate surface area is 132 Å². The molecule has 0 saturated heterocycles. The van der Waals surface area contributed by atoms with Crippen molar-refractivity contribution < 1.29 is 8.42 Å². The summed E-state index contributed by atoms with van der Waals surface area (Å²) in [6.45, 7) is 3.94. The third-order valence-corrected chi connectivity index (χ3v) is 5.33. The molecule has 1 aromatic carbocycles. The number of anilines is 1. The second-order valence-corrected chi connectivity index (χ2v) is 7.43. The lowest BCUT2D eigenvalue weighted by Crippen LogP contribution is -2.24. The summed E-state index contributed by atoms with van der Waals surface area (Å²) in [4.78, 5) is 0.0740. The van der Waals surface area contributed by atoms with E-state index in [0.29, 0.717) is 0 Å². The predicted octanol–water partition coefficient (Wildman–Crippen LogP) is 1.86. The number of aryl methyl sites for hydroxylation is 2. The van der Waals surface area contributed by atoms with Crippen LogP contribution in [0.4, 0.5) is 5.69 Å². The highest BCUT2D eigenvalue weighted by Gasteiger charge is 2.19. The highest BCUT2D eigenvalue weighted by Crippen LogP contribution is 2.23. The van der Waals surface area contributed by atoms with Crippen LogP contribution in [0.15, 0.2) is 27.6 Å². The Morgan fingerprint density at radius 2 is 2.05 bits per heavy atom. The Morgan fingerprint density at radius 3 is 2.57 bits per heavy atom. The van der Waals surface area contributed by atoms with E-state index in [0.717, 1.165) is 21.4 Å². The van der Waals surface area contributed by atoms with E-state index >= 15 is 0 Å². The van der Waals surface area contributed by atoms with Crippen molar-refractivity contribution in [3.8, 4) is 0 Å². The van der Waals surface area contributed by atoms with E-state index in [1.54, 1.807) is 16.8 Å². The van der Waals surface area contributed by atoms with Crippen molar-refractivity contribution in [1.82, 2.24) is 14.5 Å². The van der Waals surface area contributed by atoms with Gasteiger partial charge in [0.1, 0.15) is 4.90 Å². The molecule has 0 radical (unpaired) electrons. The fraction of sp³-hybridized carbons (Fsp3) is 0.308. The molecule has 2 rings (SSSR count). The minimum atomic E-state index is -3.66. The third kappa shape index (κ3) is 3.28. The molecule has 6 nitrogen and oxygen atoms in total. The maximum atomic E-state index is 12.3. The Balaban J connectivity index is 2.26. The van der Waals surface area contributed by atoms with Crippen LogP contribution >= 0.6 is 15.9 Å². The molecule has 1 heterocycles. The molecule has 0 amide bonds. The molecule has 1 aromatic heterocycles. The minimum absolute atomic E-state index is 0.0740. The molecule has 0 unspecified atom stereocenters. The maximum absolute atomic E-state index is 12.3. The Hall–Kier alpha value is -1.38. The van der Waals surface area contributed by atoms with Crippen LogP contribution in [0.25, 0.3) is 0 Å². The summed E-state index contributed by atoms with van der Waals surface area (Å²) in [6, 6.07) is 4.69. The number of nitrogens with zero attached hydrogens (tertiary/aromatic N) is 2. The molecule has 0 aliphatic carbocycles. The Bertz CT molecular complexity index is 784. The van der Waals surface area contributed by atoms with Crippen molar-refractivity contribution in [2.75, 3.05) is 5.73 Å². The monoisotopic (exact) mass is 372 g/mol. The summed E-state index contributed by atoms with van der Waals surface area (Å²) in [5, 5.41) is 4.26. The van der Waals surface area contributed by atoms with Crippen LogP contribution in [-0.2, 0) is 23.6 Å². The van der Waals surface area contributed by atoms with Crippen LogP contribution < -0.4 is 10.5 Å². The molecule has 0 aliphatic rings. The molecule has 114 valence electrons. The van der Waals surface area contributed by atoms with Gasteiger partial charge in [0, 0.05) is 29.3 Å². The first-order valence-electron chi connectivity index (χ1n) is 6.26. The van der Waals surface area contributed by atoms with Gasteiger partial charge in [0.25, 0.3) is 0 Å². The van der Waals surface area contributed by atoms with Gasteiger partial charge in [-0.25, -0.2) is 13.1 Å². The molecule has 3 N–H and O–H groups in total. The van der Waals surface area contributed by atoms with Crippen LogP contribution in [0, 0.1) is 13.8 Å². The smallest absolute Gasteiger partial charge is 0.242 e. The van der Waals surface area contributed by atoms with Crippen LogP contribution in [0.3, 0.4) is 0 Å². The number of nitrogen functional groups attached to an aromatic ring is 1. The minimum Gasteiger partial charge on any atom is -0.398 e. The molecule has 0 atom stereocenters. The van der Waals surface area contributed by atoms with Gasteiger partial charge in [-0.1, -0.05) is 15.9 Å². The van der Waals surface area contributed by atoms with Crippen molar-refractivity contribution >= 4 is 31.6 Å². The summed E-state index contributed by atoms with van der Waals surface area (Å²) < 4.78 is 29.7. The number of hydrogen-bond acceptors (Lipinski definition) is 4. The molecule has 2 aromatic rings. The van der Waals surface area contributed by atoms with Gasteiger partial charge >= 0.3 is 0 Å². The molecular weight excluding hydrogens is 356 g/mol. The molecule has 0 saturated carbocycles. The quantitative estimate of drug-likeness (QED) is 0.801. The van der Waals surface area contributed by atoms with Crippen molar-refractivity contribution in [2.45, 2.75) is 25.3 Å². The maximum Gasteiger partial charge on any atom is 0.242 e. The summed E-state index contributed by atoms with van der Waals surface area (Å²) in [6.07, 6.45) is 0. The zero-order valence-corrected chi connectivity index (χ0v) is 14.4. The third-order valence-electron chi connectivity index (χ3n) is 3.36. The Morgan fingerprint density at radius 1 is 1.38 bits per heavy atom. The Kier molecular flexibility index (Phi) is 4.40. The van der Waals surface area contributed by atoms with Crippen molar-refractivity contribution in [3.63, 3.8) is 0 Å². The van der Waals surface area contributed by atoms with E-state index in [9.17, 15) is 8.42 Å². The summed E-state index contributed by atoms with van der Waals surface area (Å²) >= 11 is 3.25. The average Bonchev–Trinajstić information content (AvgIpc) is 2.60. The van der Waals surface area contributed by atoms with Gasteiger partial charge in [0.05, 0.1) is 11.4 Å². The summed E-state index contributed by atoms with van der Waals surface area (Å²) in [7, 11) is -1.84. The molecular formula is C13H17BrN4O2S. The number of benzene rings is 1. The number of halogens is 1. The van der Waals surface area contributed by atoms with E-state index in [1.807, 2.05) is 20.9 Å². The molecule has 8 heteroatoms. The number of nitrogens with two attached hydrogens (primary N) is 1. The van der Waals surface area contributed by atoms with Gasteiger partial charge in [-0.15, -0.1) is 0 Å². The van der Waals surface area contributed by atoms with Gasteiger partial charge in [0.2, 0.25) is 10.0 Å². The van der Waals surface area contributed by atoms with Crippen molar-refractivity contribution in [1.29, 1.82) is 0 Å². The number of nitrogens with one attached hydrogen (secondary N) is 1. The van der Waals surface area contributed by atoms with Crippen LogP contribution in [-0.4, -0.2) is 18.2 Å². The topological polar surface area (TPSA) is 90.0 Å². The SMILES string of the molecule is Cc1nn(C)c(C)c1CNS(=O)(=O)c1ccc(Br)cc1N. The average molecular weight is 373 g/mol. The zero-order chi connectivity index (χ0) is 15.8. The highest BCUT2D eigenvalue weighted by molar-refractivity contribution is 9.10. The van der Waals surface area contributed by atoms with Gasteiger partial charge in [-0.05, 0) is 32.0 Å². The second kappa shape index (κ2) is 5.78. The molecule has 0 bridgehead atoms. The largest absolute Gasteiger partial charge is 0.398 e. The lowest BCUT2D eigenvalue weighted by Gasteiger charge is -2.09. The standard InChI is InChI=1S/C13H17BrN4O2S/c1-8-11(9(2)18(3)17-8)7-16-21(19,20)13-5-4-10(14)6-12(13)15/h4-6,16H,7,15H2,1-3H3. The van der Waals surface area contributed by atoms with Gasteiger partial charge in [0.15, 0.2) is 0 Å². The number of hydrogen-bond donors (Lipinski definition) is 2. The van der Waals surface area contributed by atoms with Gasteiger partial charge in [-0.3, -0.25) is 4.68 Å². The first kappa shape index (κ1) is 16.0. The van der Waals surface area contributed by atoms with Gasteiger partial charge < -0.3 is 5.73 Å². The number of sulfonamides is 1. The fourth-order valence-electron chi connectivity index (χ4n) is 2.08. The first-order chi connectivity index (χ1) is 9.72. The second-order valence-electron chi connectivity index (χ2n) is 4.78. The fourth-order valence-corrected chi connectivity index (χ4v) is 3.57. The molecule has 21 heavy (non-hydrogen) atoms. The highest BCUT2D eigenvalue weighted by atomic mass is 79.9. The summed E-state index contributed by atoms with van der Waals surface area (Å²) in [5.74, 6) is 0. The van der Waals surface area contributed by atoms with E-state index in [-0.39, 0.29) is 17.1 Å². The van der Waals surface area contributed by atoms with Crippen molar-refractivity contribution in [2.24, 2.45) is 7.05 Å². The van der Waals surface area contributed by atoms with E-state index < -0.39 is 10.0 Å². The van der Waals surface area contributed by atoms with E-state index in [2.05, 4.69) is 25.8 Å². The number of rotatable bonds is 4. The van der Waals surface area contributed by atoms with Crippen LogP contribution in [0.2, 0.25) is 0 Å². The molecule has 0 fully saturated rings. The van der Waals surface area contributed by atoms with Gasteiger partial charge in [-0.2, -0.15) is 5.10 Å². The zero-order valence-electron chi connectivity index (χ0n) is 12.0. The van der Waals surface area contributed by atoms with Crippen LogP contribution in [0.1, 0.15) is 17.0 Å². The molecule has 0 spiro atoms. The first-order valence-corrected chi connectivity index (χ1v) is 8.53. The lowest BCUT2D eigenvalue weighted by atomic mass is 10.2. The van der Waals surface area contributed by atoms with E-state index in [1.165, 1.54) is 6.07 Å².